The number of hydrogen-bond donors (Lipinski definition) is 2. The van der Waals surface area contributed by atoms with Gasteiger partial charge in [-0.15, -0.1) is 0 Å². The summed E-state index contributed by atoms with van der Waals surface area (Å²) in [5.41, 5.74) is 2.61. The summed E-state index contributed by atoms with van der Waals surface area (Å²) in [6.45, 7) is 2.68. The van der Waals surface area contributed by atoms with E-state index in [1.54, 1.807) is 43.6 Å². The summed E-state index contributed by atoms with van der Waals surface area (Å²) in [4.78, 5) is 23.4. The molecule has 0 saturated carbocycles. The van der Waals surface area contributed by atoms with Crippen molar-refractivity contribution < 1.29 is 9.53 Å². The van der Waals surface area contributed by atoms with Gasteiger partial charge in [-0.1, -0.05) is 0 Å². The number of nitrogens with one attached hydrogen (secondary N) is 2. The Balaban J connectivity index is 1.81. The maximum Gasteiger partial charge on any atom is 0.269 e. The van der Waals surface area contributed by atoms with Crippen LogP contribution in [-0.2, 0) is 7.05 Å². The fourth-order valence-electron chi connectivity index (χ4n) is 3.24. The molecule has 2 aromatic heterocycles. The van der Waals surface area contributed by atoms with Gasteiger partial charge >= 0.3 is 0 Å². The number of methoxy groups -OCH3 is 1. The molecular weight excluding hydrogens is 408 g/mol. The highest BCUT2D eigenvalue weighted by molar-refractivity contribution is 5.93. The van der Waals surface area contributed by atoms with Gasteiger partial charge in [-0.3, -0.25) is 9.48 Å². The van der Waals surface area contributed by atoms with Crippen molar-refractivity contribution in [2.75, 3.05) is 33.1 Å². The van der Waals surface area contributed by atoms with Gasteiger partial charge in [0.25, 0.3) is 5.91 Å². The third kappa shape index (κ3) is 5.59. The number of carbonyl (C=O) groups excluding carboxylic acids is 1. The Kier molecular flexibility index (Phi) is 7.02. The molecule has 2 heterocycles. The number of aryl methyl sites for hydroxylation is 1. The van der Waals surface area contributed by atoms with Gasteiger partial charge in [0.05, 0.1) is 24.4 Å². The van der Waals surface area contributed by atoms with Gasteiger partial charge in [0.1, 0.15) is 17.1 Å². The minimum absolute atomic E-state index is 0.00753. The first-order chi connectivity index (χ1) is 15.3. The number of benzene rings is 1. The van der Waals surface area contributed by atoms with E-state index < -0.39 is 0 Å². The van der Waals surface area contributed by atoms with E-state index in [9.17, 15) is 10.1 Å². The molecule has 32 heavy (non-hydrogen) atoms. The second-order valence-corrected chi connectivity index (χ2v) is 7.63. The number of amides is 1. The summed E-state index contributed by atoms with van der Waals surface area (Å²) in [5, 5.41) is 19.7. The monoisotopic (exact) mass is 434 g/mol. The minimum atomic E-state index is -0.201. The van der Waals surface area contributed by atoms with Gasteiger partial charge in [0.15, 0.2) is 0 Å². The van der Waals surface area contributed by atoms with Crippen molar-refractivity contribution in [3.05, 3.63) is 47.8 Å². The van der Waals surface area contributed by atoms with Crippen molar-refractivity contribution in [3.8, 4) is 23.2 Å². The maximum atomic E-state index is 12.7. The van der Waals surface area contributed by atoms with Gasteiger partial charge in [-0.05, 0) is 45.3 Å². The number of nitriles is 1. The van der Waals surface area contributed by atoms with Crippen LogP contribution in [0.25, 0.3) is 11.4 Å². The molecule has 3 aromatic rings. The van der Waals surface area contributed by atoms with Crippen molar-refractivity contribution in [2.24, 2.45) is 7.05 Å². The number of aromatic nitrogens is 4. The molecule has 10 heteroatoms. The average Bonchev–Trinajstić information content (AvgIpc) is 3.14. The Morgan fingerprint density at radius 3 is 2.75 bits per heavy atom. The number of carbonyl (C=O) groups is 1. The predicted octanol–water partition coefficient (Wildman–Crippen LogP) is 2.18. The van der Waals surface area contributed by atoms with Crippen LogP contribution in [0.15, 0.2) is 36.5 Å². The highest BCUT2D eigenvalue weighted by Gasteiger charge is 2.17. The fraction of sp³-hybridized carbons (Fsp3) is 0.318. The summed E-state index contributed by atoms with van der Waals surface area (Å²) < 4.78 is 6.76. The van der Waals surface area contributed by atoms with Crippen LogP contribution in [0.2, 0.25) is 0 Å². The van der Waals surface area contributed by atoms with E-state index in [0.29, 0.717) is 40.0 Å². The number of likely N-dealkylation sites (N-methyl/N-ethyl adjacent to an activating group) is 1. The molecule has 1 atom stereocenters. The molecule has 10 nitrogen and oxygen atoms in total. The molecule has 0 spiro atoms. The molecule has 3 rings (SSSR count). The Bertz CT molecular complexity index is 1150. The first kappa shape index (κ1) is 22.7. The number of anilines is 2. The maximum absolute atomic E-state index is 12.7. The topological polar surface area (TPSA) is 121 Å². The lowest BCUT2D eigenvalue weighted by Gasteiger charge is -2.18. The second kappa shape index (κ2) is 9.89. The standard InChI is InChI=1S/C22H26N8O2/c1-14(13-29(2)3)25-21(31)20-11-19(28-30(20)4)18-6-7-24-22(27-18)26-16-8-15(12-23)9-17(10-16)32-5/h6-11,14H,13H2,1-5H3,(H,25,31)(H,24,26,27). The first-order valence-corrected chi connectivity index (χ1v) is 9.98. The smallest absolute Gasteiger partial charge is 0.269 e. The quantitative estimate of drug-likeness (QED) is 0.553. The zero-order valence-corrected chi connectivity index (χ0v) is 18.7. The van der Waals surface area contributed by atoms with Crippen molar-refractivity contribution in [1.29, 1.82) is 5.26 Å². The predicted molar refractivity (Wildman–Crippen MR) is 121 cm³/mol. The summed E-state index contributed by atoms with van der Waals surface area (Å²) in [6.07, 6.45) is 1.60. The highest BCUT2D eigenvalue weighted by atomic mass is 16.5. The van der Waals surface area contributed by atoms with Crippen LogP contribution in [0.1, 0.15) is 23.0 Å². The van der Waals surface area contributed by atoms with Crippen molar-refractivity contribution in [1.82, 2.24) is 30.0 Å². The molecule has 0 aliphatic heterocycles. The number of ether oxygens (including phenoxy) is 1. The average molecular weight is 435 g/mol. The molecule has 1 unspecified atom stereocenters. The van der Waals surface area contributed by atoms with E-state index in [2.05, 4.69) is 31.8 Å². The van der Waals surface area contributed by atoms with Gasteiger partial charge in [-0.25, -0.2) is 9.97 Å². The van der Waals surface area contributed by atoms with Crippen LogP contribution >= 0.6 is 0 Å². The lowest BCUT2D eigenvalue weighted by Crippen LogP contribution is -2.40. The normalized spacial score (nSPS) is 11.7. The number of rotatable bonds is 8. The van der Waals surface area contributed by atoms with E-state index in [4.69, 9.17) is 4.74 Å². The molecule has 166 valence electrons. The minimum Gasteiger partial charge on any atom is -0.497 e. The van der Waals surface area contributed by atoms with Crippen molar-refractivity contribution in [3.63, 3.8) is 0 Å². The van der Waals surface area contributed by atoms with Gasteiger partial charge in [-0.2, -0.15) is 10.4 Å². The van der Waals surface area contributed by atoms with E-state index in [0.717, 1.165) is 6.54 Å². The second-order valence-electron chi connectivity index (χ2n) is 7.63. The number of hydrogen-bond acceptors (Lipinski definition) is 8. The van der Waals surface area contributed by atoms with E-state index in [1.165, 1.54) is 11.8 Å². The molecule has 2 N–H and O–H groups in total. The van der Waals surface area contributed by atoms with Crippen molar-refractivity contribution >= 4 is 17.5 Å². The molecule has 0 fully saturated rings. The fourth-order valence-corrected chi connectivity index (χ4v) is 3.24. The van der Waals surface area contributed by atoms with Crippen LogP contribution < -0.4 is 15.4 Å². The van der Waals surface area contributed by atoms with Crippen LogP contribution in [0.3, 0.4) is 0 Å². The summed E-state index contributed by atoms with van der Waals surface area (Å²) in [5.74, 6) is 0.677. The number of nitrogens with zero attached hydrogens (tertiary/aromatic N) is 6. The summed E-state index contributed by atoms with van der Waals surface area (Å²) in [7, 11) is 7.17. The Morgan fingerprint density at radius 2 is 2.06 bits per heavy atom. The zero-order valence-electron chi connectivity index (χ0n) is 18.7. The van der Waals surface area contributed by atoms with Gasteiger partial charge in [0, 0.05) is 37.6 Å². The molecule has 0 bridgehead atoms. The van der Waals surface area contributed by atoms with Gasteiger partial charge in [0.2, 0.25) is 5.95 Å². The molecule has 1 amide bonds. The van der Waals surface area contributed by atoms with Crippen LogP contribution in [-0.4, -0.2) is 64.3 Å². The Labute approximate surface area is 186 Å². The van der Waals surface area contributed by atoms with Crippen LogP contribution in [0, 0.1) is 11.3 Å². The molecular formula is C22H26N8O2. The molecule has 1 aromatic carbocycles. The lowest BCUT2D eigenvalue weighted by molar-refractivity contribution is 0.0925. The largest absolute Gasteiger partial charge is 0.497 e. The Morgan fingerprint density at radius 1 is 1.28 bits per heavy atom. The summed E-state index contributed by atoms with van der Waals surface area (Å²) in [6, 6.07) is 10.6. The van der Waals surface area contributed by atoms with Gasteiger partial charge < -0.3 is 20.3 Å². The zero-order chi connectivity index (χ0) is 23.3. The SMILES string of the molecule is COc1cc(C#N)cc(Nc2nccc(-c3cc(C(=O)NC(C)CN(C)C)n(C)n3)n2)c1. The molecule has 0 aliphatic rings. The molecule has 0 radical (unpaired) electrons. The van der Waals surface area contributed by atoms with Crippen LogP contribution in [0.4, 0.5) is 11.6 Å². The first-order valence-electron chi connectivity index (χ1n) is 9.98. The molecule has 0 aliphatic carbocycles. The summed E-state index contributed by atoms with van der Waals surface area (Å²) >= 11 is 0. The highest BCUT2D eigenvalue weighted by Crippen LogP contribution is 2.24. The van der Waals surface area contributed by atoms with E-state index in [1.807, 2.05) is 25.9 Å². The third-order valence-corrected chi connectivity index (χ3v) is 4.57. The van der Waals surface area contributed by atoms with E-state index in [-0.39, 0.29) is 11.9 Å². The Hall–Kier alpha value is -3.97. The van der Waals surface area contributed by atoms with Crippen molar-refractivity contribution in [2.45, 2.75) is 13.0 Å². The third-order valence-electron chi connectivity index (χ3n) is 4.57. The van der Waals surface area contributed by atoms with E-state index >= 15 is 0 Å². The van der Waals surface area contributed by atoms with Crippen LogP contribution in [0.5, 0.6) is 5.75 Å². The molecule has 0 saturated heterocycles. The lowest BCUT2D eigenvalue weighted by atomic mass is 10.2.